The first-order valence-corrected chi connectivity index (χ1v) is 7.24. The van der Waals surface area contributed by atoms with Gasteiger partial charge in [-0.25, -0.2) is 0 Å². The lowest BCUT2D eigenvalue weighted by molar-refractivity contribution is -0.140. The Labute approximate surface area is 122 Å². The predicted molar refractivity (Wildman–Crippen MR) is 79.8 cm³/mol. The van der Waals surface area contributed by atoms with Crippen molar-refractivity contribution in [3.63, 3.8) is 0 Å². The highest BCUT2D eigenvalue weighted by atomic mass is 16.5. The molecule has 1 aromatic rings. The first-order valence-electron chi connectivity index (χ1n) is 7.24. The molecule has 0 aliphatic heterocycles. The van der Waals surface area contributed by atoms with Gasteiger partial charge >= 0.3 is 5.97 Å². The molecule has 0 atom stereocenters. The van der Waals surface area contributed by atoms with Gasteiger partial charge in [-0.2, -0.15) is 0 Å². The van der Waals surface area contributed by atoms with Crippen LogP contribution in [-0.2, 0) is 9.53 Å². The number of esters is 1. The average molecular weight is 282 g/mol. The van der Waals surface area contributed by atoms with Gasteiger partial charge in [-0.15, -0.1) is 0 Å². The molecule has 1 heterocycles. The number of methoxy groups -OCH3 is 1. The van der Waals surface area contributed by atoms with E-state index in [1.165, 1.54) is 25.6 Å². The number of hydrogen-bond acceptors (Lipinski definition) is 3. The van der Waals surface area contributed by atoms with E-state index in [0.717, 1.165) is 19.3 Å². The molecule has 0 aromatic carbocycles. The van der Waals surface area contributed by atoms with Crippen LogP contribution in [0.5, 0.6) is 0 Å². The third kappa shape index (κ3) is 4.40. The SMILES string of the molecule is COC(=O)CCCCCNC(=O)c1ccc(C2CC2)[nH]1.[HH].[HH]. The van der Waals surface area contributed by atoms with Gasteiger partial charge in [0.25, 0.3) is 5.91 Å². The van der Waals surface area contributed by atoms with Gasteiger partial charge in [-0.1, -0.05) is 6.42 Å². The molecular formula is C15H26N2O3. The molecule has 1 aromatic heterocycles. The third-order valence-electron chi connectivity index (χ3n) is 3.54. The van der Waals surface area contributed by atoms with Gasteiger partial charge in [0.15, 0.2) is 0 Å². The fourth-order valence-electron chi connectivity index (χ4n) is 2.15. The summed E-state index contributed by atoms with van der Waals surface area (Å²) in [6, 6.07) is 3.85. The number of rotatable bonds is 8. The molecule has 1 amide bonds. The predicted octanol–water partition coefficient (Wildman–Crippen LogP) is 2.85. The lowest BCUT2D eigenvalue weighted by atomic mass is 10.2. The smallest absolute Gasteiger partial charge is 0.305 e. The van der Waals surface area contributed by atoms with Crippen LogP contribution in [0.4, 0.5) is 0 Å². The van der Waals surface area contributed by atoms with Crippen molar-refractivity contribution in [3.8, 4) is 0 Å². The topological polar surface area (TPSA) is 71.2 Å². The minimum absolute atomic E-state index is 0. The van der Waals surface area contributed by atoms with Crippen LogP contribution in [-0.4, -0.2) is 30.5 Å². The van der Waals surface area contributed by atoms with Gasteiger partial charge in [0, 0.05) is 21.5 Å². The van der Waals surface area contributed by atoms with Crippen molar-refractivity contribution < 1.29 is 17.2 Å². The maximum Gasteiger partial charge on any atom is 0.305 e. The Balaban J connectivity index is 0.00000220. The molecule has 5 nitrogen and oxygen atoms in total. The molecule has 1 saturated carbocycles. The normalized spacial score (nSPS) is 14.1. The van der Waals surface area contributed by atoms with Crippen LogP contribution in [0.15, 0.2) is 12.1 Å². The number of H-pyrrole nitrogens is 1. The zero-order chi connectivity index (χ0) is 14.4. The average Bonchev–Trinajstić information content (AvgIpc) is 3.19. The number of unbranched alkanes of at least 4 members (excludes halogenated alkanes) is 2. The molecule has 2 N–H and O–H groups in total. The summed E-state index contributed by atoms with van der Waals surface area (Å²) in [5, 5.41) is 2.89. The van der Waals surface area contributed by atoms with E-state index in [2.05, 4.69) is 15.0 Å². The van der Waals surface area contributed by atoms with E-state index in [1.54, 1.807) is 0 Å². The molecule has 0 saturated heterocycles. The Morgan fingerprint density at radius 3 is 2.85 bits per heavy atom. The second kappa shape index (κ2) is 7.12. The third-order valence-corrected chi connectivity index (χ3v) is 3.54. The zero-order valence-electron chi connectivity index (χ0n) is 11.9. The van der Waals surface area contributed by atoms with E-state index in [9.17, 15) is 9.59 Å². The highest BCUT2D eigenvalue weighted by molar-refractivity contribution is 5.92. The summed E-state index contributed by atoms with van der Waals surface area (Å²) < 4.78 is 4.57. The van der Waals surface area contributed by atoms with E-state index in [-0.39, 0.29) is 14.7 Å². The van der Waals surface area contributed by atoms with Crippen LogP contribution < -0.4 is 5.32 Å². The van der Waals surface area contributed by atoms with Crippen LogP contribution >= 0.6 is 0 Å². The van der Waals surface area contributed by atoms with E-state index in [1.807, 2.05) is 12.1 Å². The molecule has 114 valence electrons. The van der Waals surface area contributed by atoms with Crippen LogP contribution in [0.1, 0.15) is 63.5 Å². The van der Waals surface area contributed by atoms with Crippen LogP contribution in [0.25, 0.3) is 0 Å². The van der Waals surface area contributed by atoms with Crippen molar-refractivity contribution in [2.75, 3.05) is 13.7 Å². The minimum atomic E-state index is -0.173. The molecule has 1 fully saturated rings. The van der Waals surface area contributed by atoms with E-state index < -0.39 is 0 Å². The Kier molecular flexibility index (Phi) is 5.21. The first-order chi connectivity index (χ1) is 9.70. The number of aromatic amines is 1. The van der Waals surface area contributed by atoms with Crippen molar-refractivity contribution in [1.82, 2.24) is 10.3 Å². The van der Waals surface area contributed by atoms with Crippen molar-refractivity contribution in [1.29, 1.82) is 0 Å². The largest absolute Gasteiger partial charge is 0.469 e. The van der Waals surface area contributed by atoms with Gasteiger partial charge < -0.3 is 15.0 Å². The Morgan fingerprint density at radius 1 is 1.35 bits per heavy atom. The molecule has 0 bridgehead atoms. The fourth-order valence-corrected chi connectivity index (χ4v) is 2.15. The van der Waals surface area contributed by atoms with E-state index in [4.69, 9.17) is 0 Å². The number of nitrogens with one attached hydrogen (secondary N) is 2. The Hall–Kier alpha value is -1.78. The standard InChI is InChI=1S/C15H22N2O3.2H2/c1-20-14(18)5-3-2-4-10-16-15(19)13-9-8-12(17-13)11-6-7-11;;/h8-9,11,17H,2-7,10H2,1H3,(H,16,19);2*1H. The minimum Gasteiger partial charge on any atom is -0.469 e. The number of ether oxygens (including phenoxy) is 1. The molecule has 0 radical (unpaired) electrons. The number of hydrogen-bond donors (Lipinski definition) is 2. The van der Waals surface area contributed by atoms with Crippen LogP contribution in [0, 0.1) is 0 Å². The molecule has 2 rings (SSSR count). The summed E-state index contributed by atoms with van der Waals surface area (Å²) in [6.07, 6.45) is 5.48. The summed E-state index contributed by atoms with van der Waals surface area (Å²) >= 11 is 0. The van der Waals surface area contributed by atoms with E-state index in [0.29, 0.717) is 24.6 Å². The van der Waals surface area contributed by atoms with Crippen molar-refractivity contribution >= 4 is 11.9 Å². The van der Waals surface area contributed by atoms with Crippen molar-refractivity contribution in [2.24, 2.45) is 0 Å². The molecule has 0 unspecified atom stereocenters. The first kappa shape index (κ1) is 14.6. The number of carbonyl (C=O) groups excluding carboxylic acids is 2. The lowest BCUT2D eigenvalue weighted by Gasteiger charge is -2.04. The maximum atomic E-state index is 11.9. The summed E-state index contributed by atoms with van der Waals surface area (Å²) in [4.78, 5) is 26.0. The number of amides is 1. The second-order valence-corrected chi connectivity index (χ2v) is 5.24. The zero-order valence-corrected chi connectivity index (χ0v) is 11.9. The van der Waals surface area contributed by atoms with Gasteiger partial charge in [-0.3, -0.25) is 9.59 Å². The molecule has 20 heavy (non-hydrogen) atoms. The van der Waals surface area contributed by atoms with Gasteiger partial charge in [0.1, 0.15) is 5.69 Å². The van der Waals surface area contributed by atoms with E-state index >= 15 is 0 Å². The highest BCUT2D eigenvalue weighted by Crippen LogP contribution is 2.39. The fraction of sp³-hybridized carbons (Fsp3) is 0.600. The maximum absolute atomic E-state index is 11.9. The molecule has 5 heteroatoms. The summed E-state index contributed by atoms with van der Waals surface area (Å²) in [6.45, 7) is 0.637. The Morgan fingerprint density at radius 2 is 2.15 bits per heavy atom. The number of aromatic nitrogens is 1. The van der Waals surface area contributed by atoms with Crippen LogP contribution in [0.2, 0.25) is 0 Å². The van der Waals surface area contributed by atoms with Gasteiger partial charge in [-0.05, 0) is 43.7 Å². The molecular weight excluding hydrogens is 256 g/mol. The van der Waals surface area contributed by atoms with Crippen LogP contribution in [0.3, 0.4) is 0 Å². The second-order valence-electron chi connectivity index (χ2n) is 5.24. The quantitative estimate of drug-likeness (QED) is 0.569. The van der Waals surface area contributed by atoms with Crippen molar-refractivity contribution in [2.45, 2.75) is 44.4 Å². The molecule has 1 aliphatic rings. The molecule has 1 aliphatic carbocycles. The Bertz CT molecular complexity index is 473. The highest BCUT2D eigenvalue weighted by Gasteiger charge is 2.25. The lowest BCUT2D eigenvalue weighted by Crippen LogP contribution is -2.24. The van der Waals surface area contributed by atoms with Gasteiger partial charge in [0.2, 0.25) is 0 Å². The van der Waals surface area contributed by atoms with Gasteiger partial charge in [0.05, 0.1) is 7.11 Å². The summed E-state index contributed by atoms with van der Waals surface area (Å²) in [7, 11) is 1.40. The summed E-state index contributed by atoms with van der Waals surface area (Å²) in [5.41, 5.74) is 1.81. The monoisotopic (exact) mass is 282 g/mol. The molecule has 0 spiro atoms. The summed E-state index contributed by atoms with van der Waals surface area (Å²) in [5.74, 6) is 0.410. The van der Waals surface area contributed by atoms with Crippen molar-refractivity contribution in [3.05, 3.63) is 23.5 Å². The number of carbonyl (C=O) groups is 2.